The molecule has 1 heterocycles. The Morgan fingerprint density at radius 2 is 2.06 bits per heavy atom. The minimum absolute atomic E-state index is 0.0569. The largest absolute Gasteiger partial charge is 0.359 e. The number of hydrogen-bond acceptors (Lipinski definition) is 2. The van der Waals surface area contributed by atoms with Crippen LogP contribution in [0.1, 0.15) is 33.6 Å². The van der Waals surface area contributed by atoms with E-state index in [1.807, 2.05) is 18.7 Å². The highest BCUT2D eigenvalue weighted by atomic mass is 16.2. The maximum absolute atomic E-state index is 12.0. The Kier molecular flexibility index (Phi) is 4.99. The van der Waals surface area contributed by atoms with Gasteiger partial charge in [0.1, 0.15) is 0 Å². The maximum atomic E-state index is 12.0. The van der Waals surface area contributed by atoms with E-state index in [-0.39, 0.29) is 11.9 Å². The van der Waals surface area contributed by atoms with E-state index in [1.54, 1.807) is 7.05 Å². The Morgan fingerprint density at radius 3 is 2.61 bits per heavy atom. The summed E-state index contributed by atoms with van der Waals surface area (Å²) >= 11 is 0. The Balaban J connectivity index is 2.43. The van der Waals surface area contributed by atoms with Gasteiger partial charge in [-0.2, -0.15) is 0 Å². The Morgan fingerprint density at radius 1 is 1.39 bits per heavy atom. The molecule has 104 valence electrons. The minimum atomic E-state index is -0.578. The van der Waals surface area contributed by atoms with E-state index in [1.165, 1.54) is 6.42 Å². The highest BCUT2D eigenvalue weighted by Gasteiger charge is 2.28. The first-order valence-electron chi connectivity index (χ1n) is 6.62. The summed E-state index contributed by atoms with van der Waals surface area (Å²) in [7, 11) is 1.61. The molecule has 1 saturated heterocycles. The van der Waals surface area contributed by atoms with E-state index in [9.17, 15) is 9.59 Å². The molecule has 0 aliphatic carbocycles. The van der Waals surface area contributed by atoms with Crippen LogP contribution in [0.3, 0.4) is 0 Å². The summed E-state index contributed by atoms with van der Waals surface area (Å²) in [6.45, 7) is 7.79. The number of amides is 3. The number of nitrogens with one attached hydrogen (secondary N) is 2. The molecule has 0 aromatic carbocycles. The zero-order valence-electron chi connectivity index (χ0n) is 11.9. The first-order chi connectivity index (χ1) is 8.36. The predicted molar refractivity (Wildman–Crippen MR) is 71.2 cm³/mol. The fourth-order valence-corrected chi connectivity index (χ4v) is 2.20. The molecule has 0 aromatic rings. The van der Waals surface area contributed by atoms with Crippen LogP contribution in [-0.4, -0.2) is 43.5 Å². The van der Waals surface area contributed by atoms with Gasteiger partial charge in [-0.25, -0.2) is 4.79 Å². The molecule has 0 saturated carbocycles. The second-order valence-electron chi connectivity index (χ2n) is 5.82. The van der Waals surface area contributed by atoms with Gasteiger partial charge in [-0.3, -0.25) is 4.79 Å². The molecule has 18 heavy (non-hydrogen) atoms. The molecule has 1 fully saturated rings. The van der Waals surface area contributed by atoms with Crippen molar-refractivity contribution in [2.75, 3.05) is 26.7 Å². The summed E-state index contributed by atoms with van der Waals surface area (Å²) in [6, 6.07) is -0.0569. The highest BCUT2D eigenvalue weighted by molar-refractivity contribution is 5.83. The normalized spacial score (nSPS) is 20.4. The smallest absolute Gasteiger partial charge is 0.317 e. The van der Waals surface area contributed by atoms with Crippen LogP contribution in [-0.2, 0) is 4.79 Å². The lowest BCUT2D eigenvalue weighted by atomic mass is 9.92. The van der Waals surface area contributed by atoms with Gasteiger partial charge in [0.05, 0.1) is 5.41 Å². The second-order valence-corrected chi connectivity index (χ2v) is 5.82. The monoisotopic (exact) mass is 255 g/mol. The van der Waals surface area contributed by atoms with Crippen molar-refractivity contribution in [3.8, 4) is 0 Å². The topological polar surface area (TPSA) is 61.4 Å². The number of hydrogen-bond donors (Lipinski definition) is 2. The third kappa shape index (κ3) is 3.89. The summed E-state index contributed by atoms with van der Waals surface area (Å²) < 4.78 is 0. The summed E-state index contributed by atoms with van der Waals surface area (Å²) in [5, 5.41) is 5.47. The average molecular weight is 255 g/mol. The molecule has 1 aliphatic heterocycles. The van der Waals surface area contributed by atoms with Gasteiger partial charge in [0.25, 0.3) is 0 Å². The van der Waals surface area contributed by atoms with Gasteiger partial charge in [0.2, 0.25) is 5.91 Å². The van der Waals surface area contributed by atoms with Crippen molar-refractivity contribution in [3.63, 3.8) is 0 Å². The molecule has 5 nitrogen and oxygen atoms in total. The lowest BCUT2D eigenvalue weighted by Gasteiger charge is -2.32. The molecule has 1 atom stereocenters. The van der Waals surface area contributed by atoms with E-state index in [0.29, 0.717) is 12.5 Å². The molecule has 2 N–H and O–H groups in total. The van der Waals surface area contributed by atoms with Crippen molar-refractivity contribution in [1.29, 1.82) is 0 Å². The zero-order chi connectivity index (χ0) is 13.8. The first kappa shape index (κ1) is 14.8. The Hall–Kier alpha value is -1.26. The molecular formula is C13H25N3O2. The van der Waals surface area contributed by atoms with Gasteiger partial charge in [0.15, 0.2) is 0 Å². The maximum Gasteiger partial charge on any atom is 0.317 e. The fourth-order valence-electron chi connectivity index (χ4n) is 2.20. The summed E-state index contributed by atoms with van der Waals surface area (Å²) in [5.74, 6) is 0.506. The number of urea groups is 1. The second kappa shape index (κ2) is 6.07. The van der Waals surface area contributed by atoms with Gasteiger partial charge in [-0.15, -0.1) is 0 Å². The minimum Gasteiger partial charge on any atom is -0.359 e. The predicted octanol–water partition coefficient (Wildman–Crippen LogP) is 1.20. The van der Waals surface area contributed by atoms with Crippen LogP contribution in [0.15, 0.2) is 0 Å². The summed E-state index contributed by atoms with van der Waals surface area (Å²) in [6.07, 6.45) is 2.25. The van der Waals surface area contributed by atoms with Crippen molar-refractivity contribution in [3.05, 3.63) is 0 Å². The van der Waals surface area contributed by atoms with Crippen LogP contribution in [0.25, 0.3) is 0 Å². The number of rotatable bonds is 3. The van der Waals surface area contributed by atoms with Crippen molar-refractivity contribution < 1.29 is 9.59 Å². The molecule has 0 aromatic heterocycles. The quantitative estimate of drug-likeness (QED) is 0.796. The van der Waals surface area contributed by atoms with Gasteiger partial charge in [-0.1, -0.05) is 6.92 Å². The molecule has 1 rings (SSSR count). The van der Waals surface area contributed by atoms with Gasteiger partial charge < -0.3 is 15.5 Å². The van der Waals surface area contributed by atoms with E-state index in [4.69, 9.17) is 0 Å². The lowest BCUT2D eigenvalue weighted by Crippen LogP contribution is -2.49. The molecule has 5 heteroatoms. The SMILES string of the molecule is CNC(=O)C(C)(C)CNC(=O)N1CCCC(C)C1. The fraction of sp³-hybridized carbons (Fsp3) is 0.846. The van der Waals surface area contributed by atoms with E-state index >= 15 is 0 Å². The molecular weight excluding hydrogens is 230 g/mol. The summed E-state index contributed by atoms with van der Waals surface area (Å²) in [5.41, 5.74) is -0.578. The number of piperidine rings is 1. The lowest BCUT2D eigenvalue weighted by molar-refractivity contribution is -0.128. The van der Waals surface area contributed by atoms with Crippen molar-refractivity contribution >= 4 is 11.9 Å². The molecule has 1 aliphatic rings. The number of nitrogens with zero attached hydrogens (tertiary/aromatic N) is 1. The van der Waals surface area contributed by atoms with Crippen LogP contribution in [0.2, 0.25) is 0 Å². The van der Waals surface area contributed by atoms with E-state index in [2.05, 4.69) is 17.6 Å². The van der Waals surface area contributed by atoms with E-state index in [0.717, 1.165) is 19.5 Å². The average Bonchev–Trinajstić information content (AvgIpc) is 2.35. The Bertz CT molecular complexity index is 315. The highest BCUT2D eigenvalue weighted by Crippen LogP contribution is 2.16. The van der Waals surface area contributed by atoms with Crippen LogP contribution in [0.5, 0.6) is 0 Å². The van der Waals surface area contributed by atoms with Crippen LogP contribution < -0.4 is 10.6 Å². The van der Waals surface area contributed by atoms with Crippen LogP contribution in [0.4, 0.5) is 4.79 Å². The number of carbonyl (C=O) groups is 2. The molecule has 1 unspecified atom stereocenters. The van der Waals surface area contributed by atoms with Crippen molar-refractivity contribution in [2.45, 2.75) is 33.6 Å². The van der Waals surface area contributed by atoms with Gasteiger partial charge in [0, 0.05) is 26.7 Å². The zero-order valence-corrected chi connectivity index (χ0v) is 11.9. The molecule has 3 amide bonds. The standard InChI is InChI=1S/C13H25N3O2/c1-10-6-5-7-16(8-10)12(18)15-9-13(2,3)11(17)14-4/h10H,5-9H2,1-4H3,(H,14,17)(H,15,18). The molecule has 0 bridgehead atoms. The van der Waals surface area contributed by atoms with Crippen LogP contribution >= 0.6 is 0 Å². The van der Waals surface area contributed by atoms with Crippen molar-refractivity contribution in [1.82, 2.24) is 15.5 Å². The third-order valence-corrected chi connectivity index (χ3v) is 3.47. The van der Waals surface area contributed by atoms with E-state index < -0.39 is 5.41 Å². The molecule has 0 spiro atoms. The third-order valence-electron chi connectivity index (χ3n) is 3.47. The molecule has 0 radical (unpaired) electrons. The summed E-state index contributed by atoms with van der Waals surface area (Å²) in [4.78, 5) is 25.4. The first-order valence-corrected chi connectivity index (χ1v) is 6.62. The number of likely N-dealkylation sites (tertiary alicyclic amines) is 1. The van der Waals surface area contributed by atoms with Gasteiger partial charge >= 0.3 is 6.03 Å². The Labute approximate surface area is 109 Å². The van der Waals surface area contributed by atoms with Crippen molar-refractivity contribution in [2.24, 2.45) is 11.3 Å². The van der Waals surface area contributed by atoms with Gasteiger partial charge in [-0.05, 0) is 32.6 Å². The van der Waals surface area contributed by atoms with Crippen LogP contribution in [0, 0.1) is 11.3 Å². The number of carbonyl (C=O) groups excluding carboxylic acids is 2.